The van der Waals surface area contributed by atoms with Crippen LogP contribution in [0.3, 0.4) is 0 Å². The van der Waals surface area contributed by atoms with Gasteiger partial charge in [0.25, 0.3) is 0 Å². The van der Waals surface area contributed by atoms with E-state index in [-0.39, 0.29) is 24.8 Å². The SMILES string of the molecule is CCOc1ccc(N2CC(C(=O)N3CCCC(C(=O)O)C3)CC2=O)cc1. The molecular formula is C19H24N2O5. The van der Waals surface area contributed by atoms with E-state index in [4.69, 9.17) is 4.74 Å². The molecule has 2 fully saturated rings. The van der Waals surface area contributed by atoms with Crippen molar-refractivity contribution in [2.75, 3.05) is 31.1 Å². The van der Waals surface area contributed by atoms with Crippen molar-refractivity contribution in [1.29, 1.82) is 0 Å². The number of carbonyl (C=O) groups is 3. The highest BCUT2D eigenvalue weighted by Crippen LogP contribution is 2.29. The minimum Gasteiger partial charge on any atom is -0.494 e. The van der Waals surface area contributed by atoms with E-state index in [1.807, 2.05) is 31.2 Å². The first-order valence-corrected chi connectivity index (χ1v) is 9.04. The predicted octanol–water partition coefficient (Wildman–Crippen LogP) is 1.76. The second-order valence-electron chi connectivity index (χ2n) is 6.79. The second-order valence-corrected chi connectivity index (χ2v) is 6.79. The Morgan fingerprint density at radius 2 is 1.92 bits per heavy atom. The summed E-state index contributed by atoms with van der Waals surface area (Å²) in [4.78, 5) is 39.6. The van der Waals surface area contributed by atoms with Crippen LogP contribution in [0.25, 0.3) is 0 Å². The number of carboxylic acids is 1. The van der Waals surface area contributed by atoms with Crippen LogP contribution in [-0.4, -0.2) is 54.0 Å². The van der Waals surface area contributed by atoms with Crippen LogP contribution in [0.2, 0.25) is 0 Å². The van der Waals surface area contributed by atoms with Gasteiger partial charge in [0.05, 0.1) is 18.4 Å². The number of hydrogen-bond donors (Lipinski definition) is 1. The van der Waals surface area contributed by atoms with Gasteiger partial charge in [0.1, 0.15) is 5.75 Å². The van der Waals surface area contributed by atoms with Gasteiger partial charge in [-0.05, 0) is 44.0 Å². The lowest BCUT2D eigenvalue weighted by molar-refractivity contribution is -0.146. The van der Waals surface area contributed by atoms with Crippen molar-refractivity contribution in [1.82, 2.24) is 4.90 Å². The van der Waals surface area contributed by atoms with Crippen molar-refractivity contribution in [3.05, 3.63) is 24.3 Å². The molecule has 1 aromatic carbocycles. The van der Waals surface area contributed by atoms with E-state index in [1.54, 1.807) is 9.80 Å². The third kappa shape index (κ3) is 3.81. The number of anilines is 1. The van der Waals surface area contributed by atoms with Crippen molar-refractivity contribution >= 4 is 23.5 Å². The molecule has 2 aliphatic heterocycles. The lowest BCUT2D eigenvalue weighted by Gasteiger charge is -2.32. The van der Waals surface area contributed by atoms with E-state index < -0.39 is 17.8 Å². The zero-order chi connectivity index (χ0) is 18.7. The summed E-state index contributed by atoms with van der Waals surface area (Å²) in [5, 5.41) is 9.19. The number of ether oxygens (including phenoxy) is 1. The number of piperidine rings is 1. The number of amides is 2. The summed E-state index contributed by atoms with van der Waals surface area (Å²) in [7, 11) is 0. The van der Waals surface area contributed by atoms with E-state index in [0.29, 0.717) is 32.5 Å². The maximum Gasteiger partial charge on any atom is 0.308 e. The zero-order valence-corrected chi connectivity index (χ0v) is 14.9. The lowest BCUT2D eigenvalue weighted by atomic mass is 9.96. The summed E-state index contributed by atoms with van der Waals surface area (Å²) in [6.45, 7) is 3.62. The van der Waals surface area contributed by atoms with Gasteiger partial charge in [-0.3, -0.25) is 14.4 Å². The van der Waals surface area contributed by atoms with Crippen molar-refractivity contribution in [3.63, 3.8) is 0 Å². The average Bonchev–Trinajstić information content (AvgIpc) is 3.04. The van der Waals surface area contributed by atoms with E-state index >= 15 is 0 Å². The van der Waals surface area contributed by atoms with Crippen LogP contribution >= 0.6 is 0 Å². The van der Waals surface area contributed by atoms with Gasteiger partial charge in [-0.1, -0.05) is 0 Å². The third-order valence-electron chi connectivity index (χ3n) is 5.02. The molecule has 2 unspecified atom stereocenters. The summed E-state index contributed by atoms with van der Waals surface area (Å²) >= 11 is 0. The molecule has 2 amide bonds. The summed E-state index contributed by atoms with van der Waals surface area (Å²) in [5.74, 6) is -1.24. The van der Waals surface area contributed by atoms with Crippen molar-refractivity contribution < 1.29 is 24.2 Å². The van der Waals surface area contributed by atoms with E-state index in [0.717, 1.165) is 11.4 Å². The molecular weight excluding hydrogens is 336 g/mol. The second kappa shape index (κ2) is 7.76. The van der Waals surface area contributed by atoms with Gasteiger partial charge >= 0.3 is 5.97 Å². The van der Waals surface area contributed by atoms with Crippen LogP contribution in [0.4, 0.5) is 5.69 Å². The van der Waals surface area contributed by atoms with Crippen molar-refractivity contribution in [2.45, 2.75) is 26.2 Å². The first-order valence-electron chi connectivity index (χ1n) is 9.04. The normalized spacial score (nSPS) is 23.2. The van der Waals surface area contributed by atoms with Crippen molar-refractivity contribution in [2.24, 2.45) is 11.8 Å². The van der Waals surface area contributed by atoms with Crippen LogP contribution < -0.4 is 9.64 Å². The lowest BCUT2D eigenvalue weighted by Crippen LogP contribution is -2.45. The minimum atomic E-state index is -0.860. The van der Waals surface area contributed by atoms with Crippen LogP contribution in [-0.2, 0) is 14.4 Å². The highest BCUT2D eigenvalue weighted by atomic mass is 16.5. The number of hydrogen-bond acceptors (Lipinski definition) is 4. The molecule has 2 heterocycles. The van der Waals surface area contributed by atoms with Gasteiger partial charge in [0.2, 0.25) is 11.8 Å². The minimum absolute atomic E-state index is 0.0840. The Bertz CT molecular complexity index is 688. The standard InChI is InChI=1S/C19H24N2O5/c1-2-26-16-7-5-15(6-8-16)21-12-14(10-17(21)22)18(23)20-9-3-4-13(11-20)19(24)25/h5-8,13-14H,2-4,9-12H2,1H3,(H,24,25). The number of likely N-dealkylation sites (tertiary alicyclic amines) is 1. The largest absolute Gasteiger partial charge is 0.494 e. The Kier molecular flexibility index (Phi) is 5.44. The molecule has 1 aromatic rings. The smallest absolute Gasteiger partial charge is 0.308 e. The van der Waals surface area contributed by atoms with Gasteiger partial charge in [-0.25, -0.2) is 0 Å². The number of carbonyl (C=O) groups excluding carboxylic acids is 2. The number of carboxylic acid groups (broad SMARTS) is 1. The fraction of sp³-hybridized carbons (Fsp3) is 0.526. The summed E-state index contributed by atoms with van der Waals surface area (Å²) in [6, 6.07) is 7.25. The first-order chi connectivity index (χ1) is 12.5. The van der Waals surface area contributed by atoms with E-state index in [1.165, 1.54) is 0 Å². The molecule has 0 radical (unpaired) electrons. The van der Waals surface area contributed by atoms with Crippen molar-refractivity contribution in [3.8, 4) is 5.75 Å². The molecule has 7 nitrogen and oxygen atoms in total. The van der Waals surface area contributed by atoms with Gasteiger partial charge in [-0.15, -0.1) is 0 Å². The molecule has 2 saturated heterocycles. The highest BCUT2D eigenvalue weighted by molar-refractivity contribution is 6.00. The van der Waals surface area contributed by atoms with Crippen LogP contribution in [0.15, 0.2) is 24.3 Å². The summed E-state index contributed by atoms with van der Waals surface area (Å²) in [5.41, 5.74) is 0.746. The molecule has 7 heteroatoms. The van der Waals surface area contributed by atoms with Gasteiger partial charge in [0.15, 0.2) is 0 Å². The molecule has 0 aliphatic carbocycles. The Morgan fingerprint density at radius 1 is 1.19 bits per heavy atom. The molecule has 2 atom stereocenters. The van der Waals surface area contributed by atoms with Crippen LogP contribution in [0, 0.1) is 11.8 Å². The number of benzene rings is 1. The van der Waals surface area contributed by atoms with Gasteiger partial charge in [0, 0.05) is 31.7 Å². The molecule has 140 valence electrons. The number of rotatable bonds is 5. The van der Waals surface area contributed by atoms with Gasteiger partial charge in [-0.2, -0.15) is 0 Å². The molecule has 26 heavy (non-hydrogen) atoms. The summed E-state index contributed by atoms with van der Waals surface area (Å²) in [6.07, 6.45) is 1.45. The topological polar surface area (TPSA) is 87.2 Å². The molecule has 0 spiro atoms. The van der Waals surface area contributed by atoms with Gasteiger partial charge < -0.3 is 19.6 Å². The quantitative estimate of drug-likeness (QED) is 0.865. The molecule has 2 aliphatic rings. The Balaban J connectivity index is 1.65. The molecule has 0 saturated carbocycles. The fourth-order valence-corrected chi connectivity index (χ4v) is 3.65. The van der Waals surface area contributed by atoms with Crippen LogP contribution in [0.1, 0.15) is 26.2 Å². The first kappa shape index (κ1) is 18.2. The average molecular weight is 360 g/mol. The number of nitrogens with zero attached hydrogens (tertiary/aromatic N) is 2. The maximum atomic E-state index is 12.8. The maximum absolute atomic E-state index is 12.8. The predicted molar refractivity (Wildman–Crippen MR) is 95.0 cm³/mol. The number of aliphatic carboxylic acids is 1. The van der Waals surface area contributed by atoms with E-state index in [9.17, 15) is 19.5 Å². The fourth-order valence-electron chi connectivity index (χ4n) is 3.65. The van der Waals surface area contributed by atoms with E-state index in [2.05, 4.69) is 0 Å². The Morgan fingerprint density at radius 3 is 2.58 bits per heavy atom. The summed E-state index contributed by atoms with van der Waals surface area (Å²) < 4.78 is 5.41. The molecule has 1 N–H and O–H groups in total. The Labute approximate surface area is 152 Å². The monoisotopic (exact) mass is 360 g/mol. The Hall–Kier alpha value is -2.57. The van der Waals surface area contributed by atoms with Crippen LogP contribution in [0.5, 0.6) is 5.75 Å². The zero-order valence-electron chi connectivity index (χ0n) is 14.9. The molecule has 3 rings (SSSR count). The third-order valence-corrected chi connectivity index (χ3v) is 5.02. The molecule has 0 bridgehead atoms. The highest BCUT2D eigenvalue weighted by Gasteiger charge is 2.39. The molecule has 0 aromatic heterocycles.